The van der Waals surface area contributed by atoms with Gasteiger partial charge in [-0.3, -0.25) is 0 Å². The number of hydrogen-bond donors (Lipinski definition) is 2. The minimum atomic E-state index is 0.635. The van der Waals surface area contributed by atoms with Crippen molar-refractivity contribution in [3.8, 4) is 0 Å². The van der Waals surface area contributed by atoms with Gasteiger partial charge >= 0.3 is 0 Å². The number of para-hydroxylation sites is 1. The average molecular weight is 304 g/mol. The molecule has 0 saturated heterocycles. The molecule has 2 aromatic carbocycles. The molecule has 0 fully saturated rings. The zero-order chi connectivity index (χ0) is 15.6. The van der Waals surface area contributed by atoms with Gasteiger partial charge in [0.2, 0.25) is 5.95 Å². The molecule has 0 amide bonds. The molecule has 0 unspecified atom stereocenters. The Kier molecular flexibility index (Phi) is 3.58. The summed E-state index contributed by atoms with van der Waals surface area (Å²) in [4.78, 5) is 9.15. The summed E-state index contributed by atoms with van der Waals surface area (Å²) in [5, 5.41) is 7.65. The molecule has 1 aliphatic rings. The number of aryl methyl sites for hydroxylation is 1. The highest BCUT2D eigenvalue weighted by Crippen LogP contribution is 2.31. The fourth-order valence-corrected chi connectivity index (χ4v) is 3.31. The summed E-state index contributed by atoms with van der Waals surface area (Å²) in [6.07, 6.45) is 4.87. The van der Waals surface area contributed by atoms with Crippen molar-refractivity contribution in [1.29, 1.82) is 0 Å². The van der Waals surface area contributed by atoms with Gasteiger partial charge in [0, 0.05) is 18.1 Å². The van der Waals surface area contributed by atoms with E-state index in [1.165, 1.54) is 36.1 Å². The van der Waals surface area contributed by atoms with Crippen LogP contribution in [-0.2, 0) is 12.8 Å². The number of benzene rings is 2. The van der Waals surface area contributed by atoms with Crippen LogP contribution < -0.4 is 10.6 Å². The molecule has 0 radical (unpaired) electrons. The van der Waals surface area contributed by atoms with E-state index in [4.69, 9.17) is 0 Å². The molecule has 23 heavy (non-hydrogen) atoms. The van der Waals surface area contributed by atoms with Crippen LogP contribution in [-0.4, -0.2) is 17.0 Å². The maximum atomic E-state index is 4.63. The Morgan fingerprint density at radius 2 is 1.78 bits per heavy atom. The van der Waals surface area contributed by atoms with Gasteiger partial charge in [-0.25, -0.2) is 4.98 Å². The Bertz CT molecular complexity index is 857. The van der Waals surface area contributed by atoms with E-state index in [2.05, 4.69) is 44.9 Å². The lowest BCUT2D eigenvalue weighted by molar-refractivity contribution is 0.687. The lowest BCUT2D eigenvalue weighted by Gasteiger charge is -2.20. The van der Waals surface area contributed by atoms with Crippen LogP contribution >= 0.6 is 0 Å². The molecule has 0 aliphatic heterocycles. The van der Waals surface area contributed by atoms with E-state index in [9.17, 15) is 0 Å². The molecule has 1 aliphatic carbocycles. The Balaban J connectivity index is 1.81. The number of anilines is 3. The molecule has 0 bridgehead atoms. The van der Waals surface area contributed by atoms with Gasteiger partial charge in [0.25, 0.3) is 0 Å². The normalized spacial score (nSPS) is 13.6. The molecule has 1 aromatic heterocycles. The third kappa shape index (κ3) is 2.61. The van der Waals surface area contributed by atoms with Crippen LogP contribution in [0, 0.1) is 0 Å². The number of rotatable bonds is 3. The highest BCUT2D eigenvalue weighted by Gasteiger charge is 2.14. The van der Waals surface area contributed by atoms with Crippen LogP contribution in [0.3, 0.4) is 0 Å². The zero-order valence-electron chi connectivity index (χ0n) is 13.3. The summed E-state index contributed by atoms with van der Waals surface area (Å²) in [6.45, 7) is 0. The highest BCUT2D eigenvalue weighted by molar-refractivity contribution is 5.92. The van der Waals surface area contributed by atoms with Crippen molar-refractivity contribution in [1.82, 2.24) is 9.97 Å². The van der Waals surface area contributed by atoms with E-state index >= 15 is 0 Å². The van der Waals surface area contributed by atoms with E-state index in [-0.39, 0.29) is 0 Å². The SMILES string of the molecule is CNc1nc(Nc2cccc3c2CCCC3)c2ccccc2n1. The molecule has 0 saturated carbocycles. The van der Waals surface area contributed by atoms with Gasteiger partial charge in [-0.15, -0.1) is 0 Å². The Morgan fingerprint density at radius 1 is 0.913 bits per heavy atom. The molecule has 3 aromatic rings. The molecule has 1 heterocycles. The molecular weight excluding hydrogens is 284 g/mol. The fourth-order valence-electron chi connectivity index (χ4n) is 3.31. The predicted octanol–water partition coefficient (Wildman–Crippen LogP) is 4.29. The summed E-state index contributed by atoms with van der Waals surface area (Å²) in [7, 11) is 1.85. The number of nitrogens with zero attached hydrogens (tertiary/aromatic N) is 2. The van der Waals surface area contributed by atoms with Gasteiger partial charge in [-0.2, -0.15) is 4.98 Å². The zero-order valence-corrected chi connectivity index (χ0v) is 13.3. The monoisotopic (exact) mass is 304 g/mol. The fraction of sp³-hybridized carbons (Fsp3) is 0.263. The lowest BCUT2D eigenvalue weighted by Crippen LogP contribution is -2.08. The van der Waals surface area contributed by atoms with Crippen molar-refractivity contribution >= 4 is 28.4 Å². The molecule has 2 N–H and O–H groups in total. The van der Waals surface area contributed by atoms with Gasteiger partial charge in [-0.1, -0.05) is 24.3 Å². The quantitative estimate of drug-likeness (QED) is 0.757. The van der Waals surface area contributed by atoms with E-state index in [1.54, 1.807) is 0 Å². The molecule has 0 atom stereocenters. The van der Waals surface area contributed by atoms with Crippen LogP contribution in [0.5, 0.6) is 0 Å². The summed E-state index contributed by atoms with van der Waals surface area (Å²) < 4.78 is 0. The van der Waals surface area contributed by atoms with Crippen molar-refractivity contribution in [3.63, 3.8) is 0 Å². The smallest absolute Gasteiger partial charge is 0.224 e. The minimum absolute atomic E-state index is 0.635. The first-order chi connectivity index (χ1) is 11.3. The van der Waals surface area contributed by atoms with E-state index in [1.807, 2.05) is 25.2 Å². The van der Waals surface area contributed by atoms with Gasteiger partial charge in [0.05, 0.1) is 5.52 Å². The van der Waals surface area contributed by atoms with Crippen molar-refractivity contribution < 1.29 is 0 Å². The maximum absolute atomic E-state index is 4.63. The van der Waals surface area contributed by atoms with Gasteiger partial charge < -0.3 is 10.6 Å². The summed E-state index contributed by atoms with van der Waals surface area (Å²) in [5.74, 6) is 1.50. The van der Waals surface area contributed by atoms with Crippen LogP contribution in [0.25, 0.3) is 10.9 Å². The van der Waals surface area contributed by atoms with E-state index in [0.29, 0.717) is 5.95 Å². The Hall–Kier alpha value is -2.62. The van der Waals surface area contributed by atoms with Gasteiger partial charge in [0.1, 0.15) is 5.82 Å². The predicted molar refractivity (Wildman–Crippen MR) is 95.5 cm³/mol. The molecule has 4 rings (SSSR count). The topological polar surface area (TPSA) is 49.8 Å². The number of nitrogens with one attached hydrogen (secondary N) is 2. The van der Waals surface area contributed by atoms with Crippen LogP contribution in [0.4, 0.5) is 17.5 Å². The first kappa shape index (κ1) is 14.0. The van der Waals surface area contributed by atoms with Crippen molar-refractivity contribution in [3.05, 3.63) is 53.6 Å². The largest absolute Gasteiger partial charge is 0.357 e. The van der Waals surface area contributed by atoms with Crippen molar-refractivity contribution in [2.24, 2.45) is 0 Å². The second-order valence-corrected chi connectivity index (χ2v) is 5.94. The molecule has 0 spiro atoms. The molecular formula is C19H20N4. The standard InChI is InChI=1S/C19H20N4/c1-20-19-22-17-11-5-4-10-15(17)18(23-19)21-16-12-6-8-13-7-2-3-9-14(13)16/h4-6,8,10-12H,2-3,7,9H2,1H3,(H2,20,21,22,23). The summed E-state index contributed by atoms with van der Waals surface area (Å²) >= 11 is 0. The molecule has 4 heteroatoms. The Morgan fingerprint density at radius 3 is 2.70 bits per heavy atom. The van der Waals surface area contributed by atoms with Crippen LogP contribution in [0.2, 0.25) is 0 Å². The van der Waals surface area contributed by atoms with Crippen LogP contribution in [0.15, 0.2) is 42.5 Å². The minimum Gasteiger partial charge on any atom is -0.357 e. The third-order valence-electron chi connectivity index (χ3n) is 4.48. The molecule has 4 nitrogen and oxygen atoms in total. The summed E-state index contributed by atoms with van der Waals surface area (Å²) in [5.41, 5.74) is 5.02. The first-order valence-electron chi connectivity index (χ1n) is 8.17. The van der Waals surface area contributed by atoms with Crippen molar-refractivity contribution in [2.75, 3.05) is 17.7 Å². The third-order valence-corrected chi connectivity index (χ3v) is 4.48. The van der Waals surface area contributed by atoms with Gasteiger partial charge in [0.15, 0.2) is 0 Å². The van der Waals surface area contributed by atoms with Crippen molar-refractivity contribution in [2.45, 2.75) is 25.7 Å². The number of hydrogen-bond acceptors (Lipinski definition) is 4. The number of aromatic nitrogens is 2. The second-order valence-electron chi connectivity index (χ2n) is 5.94. The van der Waals surface area contributed by atoms with E-state index < -0.39 is 0 Å². The Labute approximate surface area is 136 Å². The highest BCUT2D eigenvalue weighted by atomic mass is 15.1. The van der Waals surface area contributed by atoms with Gasteiger partial charge in [-0.05, 0) is 55.0 Å². The van der Waals surface area contributed by atoms with Crippen LogP contribution in [0.1, 0.15) is 24.0 Å². The maximum Gasteiger partial charge on any atom is 0.224 e. The first-order valence-corrected chi connectivity index (χ1v) is 8.17. The second kappa shape index (κ2) is 5.88. The van der Waals surface area contributed by atoms with E-state index in [0.717, 1.165) is 23.1 Å². The lowest BCUT2D eigenvalue weighted by atomic mass is 9.90. The number of fused-ring (bicyclic) bond motifs is 2. The average Bonchev–Trinajstić information content (AvgIpc) is 2.62. The summed E-state index contributed by atoms with van der Waals surface area (Å²) in [6, 6.07) is 14.6. The molecule has 116 valence electrons.